The van der Waals surface area contributed by atoms with Crippen molar-refractivity contribution in [1.29, 1.82) is 0 Å². The van der Waals surface area contributed by atoms with E-state index < -0.39 is 0 Å². The molecule has 0 bridgehead atoms. The molecule has 0 spiro atoms. The number of halogens is 1. The number of anilines is 1. The lowest BCUT2D eigenvalue weighted by Crippen LogP contribution is -2.33. The number of nitrogens with zero attached hydrogens (tertiary/aromatic N) is 3. The third-order valence-electron chi connectivity index (χ3n) is 6.25. The minimum absolute atomic E-state index is 0.0502. The van der Waals surface area contributed by atoms with Crippen molar-refractivity contribution < 1.29 is 4.79 Å². The lowest BCUT2D eigenvalue weighted by atomic mass is 10.0. The van der Waals surface area contributed by atoms with E-state index in [0.717, 1.165) is 32.8 Å². The predicted molar refractivity (Wildman–Crippen MR) is 150 cm³/mol. The van der Waals surface area contributed by atoms with E-state index >= 15 is 0 Å². The second-order valence-electron chi connectivity index (χ2n) is 8.77. The van der Waals surface area contributed by atoms with Crippen molar-refractivity contribution in [3.63, 3.8) is 0 Å². The summed E-state index contributed by atoms with van der Waals surface area (Å²) in [6.45, 7) is 2.48. The van der Waals surface area contributed by atoms with E-state index in [1.807, 2.05) is 67.6 Å². The lowest BCUT2D eigenvalue weighted by Gasteiger charge is -2.29. The highest BCUT2D eigenvalue weighted by Crippen LogP contribution is 2.39. The molecule has 2 atom stereocenters. The second-order valence-corrected chi connectivity index (χ2v) is 10.1. The maximum atomic E-state index is 12.8. The van der Waals surface area contributed by atoms with Gasteiger partial charge in [-0.05, 0) is 79.3 Å². The number of nitrogens with one attached hydrogen (secondary N) is 2. The number of hydrogen-bond acceptors (Lipinski definition) is 3. The fraction of sp³-hybridized carbons (Fsp3) is 0.179. The molecule has 2 aromatic heterocycles. The summed E-state index contributed by atoms with van der Waals surface area (Å²) in [4.78, 5) is 19.6. The van der Waals surface area contributed by atoms with Gasteiger partial charge in [-0.25, -0.2) is 0 Å². The molecule has 8 heteroatoms. The molecule has 4 aromatic rings. The fourth-order valence-corrected chi connectivity index (χ4v) is 5.35. The molecule has 3 heterocycles. The summed E-state index contributed by atoms with van der Waals surface area (Å²) in [6, 6.07) is 25.7. The highest BCUT2D eigenvalue weighted by atomic mass is 79.9. The molecule has 6 nitrogen and oxygen atoms in total. The Morgan fingerprint density at radius 1 is 1.08 bits per heavy atom. The lowest BCUT2D eigenvalue weighted by molar-refractivity contribution is -0.116. The molecule has 182 valence electrons. The number of amides is 1. The van der Waals surface area contributed by atoms with Gasteiger partial charge in [-0.15, -0.1) is 0 Å². The average molecular weight is 561 g/mol. The molecule has 0 saturated carbocycles. The molecular formula is C28H26BrN5OS. The Balaban J connectivity index is 1.44. The molecule has 1 saturated heterocycles. The number of hydrogen-bond donors (Lipinski definition) is 2. The minimum atomic E-state index is -0.153. The van der Waals surface area contributed by atoms with Crippen LogP contribution < -0.4 is 10.6 Å². The van der Waals surface area contributed by atoms with Gasteiger partial charge in [-0.1, -0.05) is 40.2 Å². The smallest absolute Gasteiger partial charge is 0.226 e. The van der Waals surface area contributed by atoms with Crippen LogP contribution in [0.3, 0.4) is 0 Å². The number of benzene rings is 2. The van der Waals surface area contributed by atoms with Gasteiger partial charge in [0.1, 0.15) is 0 Å². The number of carbonyl (C=O) groups is 1. The van der Waals surface area contributed by atoms with E-state index in [1.54, 1.807) is 6.20 Å². The number of thiocarbonyl (C=S) groups is 1. The molecular weight excluding hydrogens is 534 g/mol. The molecule has 0 aliphatic carbocycles. The summed E-state index contributed by atoms with van der Waals surface area (Å²) < 4.78 is 3.17. The molecule has 36 heavy (non-hydrogen) atoms. The van der Waals surface area contributed by atoms with Gasteiger partial charge < -0.3 is 20.1 Å². The largest absolute Gasteiger partial charge is 0.352 e. The highest BCUT2D eigenvalue weighted by molar-refractivity contribution is 9.10. The maximum Gasteiger partial charge on any atom is 0.226 e. The summed E-state index contributed by atoms with van der Waals surface area (Å²) in [5, 5.41) is 7.09. The molecule has 1 amide bonds. The van der Waals surface area contributed by atoms with Crippen LogP contribution in [0.5, 0.6) is 0 Å². The Morgan fingerprint density at radius 2 is 1.94 bits per heavy atom. The molecule has 2 N–H and O–H groups in total. The molecule has 0 unspecified atom stereocenters. The molecule has 1 aliphatic heterocycles. The van der Waals surface area contributed by atoms with Gasteiger partial charge in [-0.2, -0.15) is 0 Å². The summed E-state index contributed by atoms with van der Waals surface area (Å²) in [5.41, 5.74) is 4.91. The maximum absolute atomic E-state index is 12.8. The van der Waals surface area contributed by atoms with Crippen molar-refractivity contribution in [3.8, 4) is 5.69 Å². The van der Waals surface area contributed by atoms with Crippen LogP contribution in [0.2, 0.25) is 0 Å². The second kappa shape index (κ2) is 10.6. The average Bonchev–Trinajstić information content (AvgIpc) is 3.47. The van der Waals surface area contributed by atoms with E-state index in [4.69, 9.17) is 12.2 Å². The van der Waals surface area contributed by atoms with Gasteiger partial charge in [0.05, 0.1) is 17.8 Å². The van der Waals surface area contributed by atoms with E-state index in [0.29, 0.717) is 18.1 Å². The van der Waals surface area contributed by atoms with Crippen molar-refractivity contribution in [1.82, 2.24) is 19.8 Å². The monoisotopic (exact) mass is 559 g/mol. The van der Waals surface area contributed by atoms with Crippen molar-refractivity contribution in [2.75, 3.05) is 11.9 Å². The van der Waals surface area contributed by atoms with Crippen LogP contribution in [0, 0.1) is 6.92 Å². The molecule has 0 radical (unpaired) electrons. The Kier molecular flexibility index (Phi) is 7.16. The summed E-state index contributed by atoms with van der Waals surface area (Å²) >= 11 is 9.37. The van der Waals surface area contributed by atoms with Gasteiger partial charge in [0.25, 0.3) is 0 Å². The van der Waals surface area contributed by atoms with Crippen molar-refractivity contribution >= 4 is 44.9 Å². The highest BCUT2D eigenvalue weighted by Gasteiger charge is 2.41. The standard InChI is InChI=1S/C28H26BrN5OS/c1-19-7-4-9-21(17-19)31-25(35)13-16-34-27(26(32-28(34)36)23-11-2-3-14-30-23)24-12-6-15-33(24)22-10-5-8-20(29)18-22/h2-12,14-15,17-18,26-27H,13,16H2,1H3,(H,31,35)(H,32,36)/t26-,27+/m1/s1. The number of pyridine rings is 1. The van der Waals surface area contributed by atoms with Crippen LogP contribution in [0.4, 0.5) is 5.69 Å². The molecule has 1 fully saturated rings. The van der Waals surface area contributed by atoms with Crippen LogP contribution in [0.15, 0.2) is 95.7 Å². The van der Waals surface area contributed by atoms with Gasteiger partial charge >= 0.3 is 0 Å². The van der Waals surface area contributed by atoms with Crippen LogP contribution in [0.25, 0.3) is 5.69 Å². The van der Waals surface area contributed by atoms with Crippen molar-refractivity contribution in [3.05, 3.63) is 113 Å². The summed E-state index contributed by atoms with van der Waals surface area (Å²) in [7, 11) is 0. The zero-order chi connectivity index (χ0) is 25.1. The van der Waals surface area contributed by atoms with Crippen molar-refractivity contribution in [2.24, 2.45) is 0 Å². The first-order chi connectivity index (χ1) is 17.5. The quantitative estimate of drug-likeness (QED) is 0.274. The number of carbonyl (C=O) groups excluding carboxylic acids is 1. The van der Waals surface area contributed by atoms with E-state index in [2.05, 4.69) is 65.4 Å². The Bertz CT molecular complexity index is 1390. The topological polar surface area (TPSA) is 62.2 Å². The number of rotatable bonds is 7. The Labute approximate surface area is 224 Å². The van der Waals surface area contributed by atoms with Gasteiger partial charge in [-0.3, -0.25) is 9.78 Å². The van der Waals surface area contributed by atoms with Crippen LogP contribution in [-0.2, 0) is 4.79 Å². The third kappa shape index (κ3) is 5.20. The first-order valence-corrected chi connectivity index (χ1v) is 13.0. The Hall–Kier alpha value is -3.49. The normalized spacial score (nSPS) is 17.2. The SMILES string of the molecule is Cc1cccc(NC(=O)CCN2C(=S)N[C@H](c3ccccn3)[C@@H]2c2cccn2-c2cccc(Br)c2)c1. The first kappa shape index (κ1) is 24.2. The zero-order valence-corrected chi connectivity index (χ0v) is 22.2. The molecule has 2 aromatic carbocycles. The van der Waals surface area contributed by atoms with Crippen molar-refractivity contribution in [2.45, 2.75) is 25.4 Å². The zero-order valence-electron chi connectivity index (χ0n) is 19.8. The van der Waals surface area contributed by atoms with Crippen LogP contribution in [0.1, 0.15) is 35.5 Å². The minimum Gasteiger partial charge on any atom is -0.352 e. The predicted octanol–water partition coefficient (Wildman–Crippen LogP) is 5.94. The summed E-state index contributed by atoms with van der Waals surface area (Å²) in [6.07, 6.45) is 4.15. The Morgan fingerprint density at radius 3 is 2.72 bits per heavy atom. The van der Waals surface area contributed by atoms with Crippen LogP contribution >= 0.6 is 28.1 Å². The van der Waals surface area contributed by atoms with E-state index in [9.17, 15) is 4.79 Å². The van der Waals surface area contributed by atoms with Gasteiger partial charge in [0, 0.05) is 46.9 Å². The summed E-state index contributed by atoms with van der Waals surface area (Å²) in [5.74, 6) is -0.0502. The third-order valence-corrected chi connectivity index (χ3v) is 7.09. The van der Waals surface area contributed by atoms with Crippen LogP contribution in [-0.4, -0.2) is 32.0 Å². The fourth-order valence-electron chi connectivity index (χ4n) is 4.63. The number of aryl methyl sites for hydroxylation is 1. The van der Waals surface area contributed by atoms with E-state index in [-0.39, 0.29) is 18.0 Å². The molecule has 1 aliphatic rings. The molecule has 5 rings (SSSR count). The number of aromatic nitrogens is 2. The first-order valence-electron chi connectivity index (χ1n) is 11.8. The van der Waals surface area contributed by atoms with Gasteiger partial charge in [0.2, 0.25) is 5.91 Å². The van der Waals surface area contributed by atoms with E-state index in [1.165, 1.54) is 0 Å². The van der Waals surface area contributed by atoms with Gasteiger partial charge in [0.15, 0.2) is 5.11 Å².